The molecule has 0 aromatic heterocycles. The van der Waals surface area contributed by atoms with Crippen LogP contribution in [0.4, 0.5) is 0 Å². The van der Waals surface area contributed by atoms with Gasteiger partial charge in [0.2, 0.25) is 5.91 Å². The summed E-state index contributed by atoms with van der Waals surface area (Å²) in [6, 6.07) is -0.380. The molecule has 0 radical (unpaired) electrons. The minimum Gasteiger partial charge on any atom is -0.355 e. The van der Waals surface area contributed by atoms with Crippen LogP contribution in [0, 0.1) is 11.3 Å². The van der Waals surface area contributed by atoms with Gasteiger partial charge in [0.25, 0.3) is 0 Å². The average Bonchev–Trinajstić information content (AvgIpc) is 2.00. The van der Waals surface area contributed by atoms with Gasteiger partial charge in [0.15, 0.2) is 0 Å². The van der Waals surface area contributed by atoms with Crippen LogP contribution in [0.2, 0.25) is 0 Å². The lowest BCUT2D eigenvalue weighted by molar-refractivity contribution is -0.123. The maximum absolute atomic E-state index is 11.4. The summed E-state index contributed by atoms with van der Waals surface area (Å²) in [5.41, 5.74) is 5.96. The molecule has 0 aliphatic carbocycles. The zero-order chi connectivity index (χ0) is 11.4. The molecule has 0 saturated carbocycles. The number of rotatable bonds is 4. The zero-order valence-corrected chi connectivity index (χ0v) is 10.1. The van der Waals surface area contributed by atoms with Crippen molar-refractivity contribution in [2.75, 3.05) is 6.54 Å². The van der Waals surface area contributed by atoms with E-state index < -0.39 is 0 Å². The van der Waals surface area contributed by atoms with E-state index in [1.165, 1.54) is 0 Å². The quantitative estimate of drug-likeness (QED) is 0.723. The van der Waals surface area contributed by atoms with Crippen LogP contribution in [0.5, 0.6) is 0 Å². The molecule has 0 aliphatic rings. The first-order chi connectivity index (χ1) is 6.24. The highest BCUT2D eigenvalue weighted by Crippen LogP contribution is 2.16. The Labute approximate surface area is 87.4 Å². The Kier molecular flexibility index (Phi) is 5.13. The van der Waals surface area contributed by atoms with E-state index in [4.69, 9.17) is 5.73 Å². The molecule has 3 N–H and O–H groups in total. The van der Waals surface area contributed by atoms with Crippen molar-refractivity contribution in [2.45, 2.75) is 47.1 Å². The Hall–Kier alpha value is -0.570. The fraction of sp³-hybridized carbons (Fsp3) is 0.909. The van der Waals surface area contributed by atoms with E-state index in [2.05, 4.69) is 26.1 Å². The molecule has 0 spiro atoms. The second-order valence-electron chi connectivity index (χ2n) is 5.37. The monoisotopic (exact) mass is 200 g/mol. The molecule has 0 aromatic carbocycles. The molecule has 1 atom stereocenters. The number of hydrogen-bond acceptors (Lipinski definition) is 2. The van der Waals surface area contributed by atoms with Crippen molar-refractivity contribution >= 4 is 5.91 Å². The van der Waals surface area contributed by atoms with Crippen molar-refractivity contribution in [1.29, 1.82) is 0 Å². The highest BCUT2D eigenvalue weighted by molar-refractivity contribution is 5.81. The van der Waals surface area contributed by atoms with Crippen molar-refractivity contribution in [2.24, 2.45) is 17.1 Å². The largest absolute Gasteiger partial charge is 0.355 e. The summed E-state index contributed by atoms with van der Waals surface area (Å²) in [6.45, 7) is 11.1. The maximum Gasteiger partial charge on any atom is 0.237 e. The highest BCUT2D eigenvalue weighted by Gasteiger charge is 2.17. The fourth-order valence-corrected chi connectivity index (χ4v) is 0.981. The van der Waals surface area contributed by atoms with Crippen LogP contribution in [-0.2, 0) is 4.79 Å². The van der Waals surface area contributed by atoms with Crippen molar-refractivity contribution < 1.29 is 4.79 Å². The molecule has 1 amide bonds. The number of carbonyl (C=O) groups is 1. The third-order valence-electron chi connectivity index (χ3n) is 2.20. The second kappa shape index (κ2) is 5.35. The summed E-state index contributed by atoms with van der Waals surface area (Å²) in [4.78, 5) is 11.4. The van der Waals surface area contributed by atoms with Gasteiger partial charge in [0, 0.05) is 6.54 Å². The number of amides is 1. The summed E-state index contributed by atoms with van der Waals surface area (Å²) in [7, 11) is 0. The first-order valence-corrected chi connectivity index (χ1v) is 5.27. The summed E-state index contributed by atoms with van der Waals surface area (Å²) in [5.74, 6) is 0.161. The smallest absolute Gasteiger partial charge is 0.237 e. The van der Waals surface area contributed by atoms with Crippen molar-refractivity contribution in [3.63, 3.8) is 0 Å². The van der Waals surface area contributed by atoms with Crippen molar-refractivity contribution in [3.05, 3.63) is 0 Å². The van der Waals surface area contributed by atoms with Crippen LogP contribution in [-0.4, -0.2) is 18.5 Å². The summed E-state index contributed by atoms with van der Waals surface area (Å²) >= 11 is 0. The first-order valence-electron chi connectivity index (χ1n) is 5.27. The van der Waals surface area contributed by atoms with E-state index in [1.807, 2.05) is 13.8 Å². The molecule has 14 heavy (non-hydrogen) atoms. The van der Waals surface area contributed by atoms with Gasteiger partial charge in [0.1, 0.15) is 0 Å². The van der Waals surface area contributed by atoms with Crippen LogP contribution in [0.3, 0.4) is 0 Å². The van der Waals surface area contributed by atoms with Gasteiger partial charge in [-0.1, -0.05) is 34.6 Å². The van der Waals surface area contributed by atoms with Gasteiger partial charge in [-0.3, -0.25) is 4.79 Å². The van der Waals surface area contributed by atoms with Gasteiger partial charge in [-0.25, -0.2) is 0 Å². The molecular weight excluding hydrogens is 176 g/mol. The Morgan fingerprint density at radius 3 is 2.21 bits per heavy atom. The summed E-state index contributed by atoms with van der Waals surface area (Å²) in [6.07, 6.45) is 0.976. The zero-order valence-electron chi connectivity index (χ0n) is 10.1. The van der Waals surface area contributed by atoms with Crippen LogP contribution >= 0.6 is 0 Å². The van der Waals surface area contributed by atoms with Gasteiger partial charge < -0.3 is 11.1 Å². The van der Waals surface area contributed by atoms with Crippen LogP contribution in [0.1, 0.15) is 41.0 Å². The minimum absolute atomic E-state index is 0.0377. The third-order valence-corrected chi connectivity index (χ3v) is 2.20. The molecule has 0 rings (SSSR count). The molecule has 84 valence electrons. The topological polar surface area (TPSA) is 55.1 Å². The van der Waals surface area contributed by atoms with E-state index in [9.17, 15) is 4.79 Å². The maximum atomic E-state index is 11.4. The Bertz CT molecular complexity index is 182. The molecule has 0 aliphatic heterocycles. The number of nitrogens with one attached hydrogen (secondary N) is 1. The number of hydrogen-bond donors (Lipinski definition) is 2. The minimum atomic E-state index is -0.380. The molecule has 0 fully saturated rings. The van der Waals surface area contributed by atoms with Crippen LogP contribution in [0.25, 0.3) is 0 Å². The predicted molar refractivity (Wildman–Crippen MR) is 59.9 cm³/mol. The number of nitrogens with two attached hydrogens (primary N) is 1. The SMILES string of the molecule is CC(C)[C@@H](N)C(=O)NCCC(C)(C)C. The molecule has 0 unspecified atom stereocenters. The normalized spacial score (nSPS) is 14.2. The number of carbonyl (C=O) groups excluding carboxylic acids is 1. The summed E-state index contributed by atoms with van der Waals surface area (Å²) in [5, 5.41) is 2.86. The lowest BCUT2D eigenvalue weighted by atomic mass is 9.92. The molecule has 0 saturated heterocycles. The van der Waals surface area contributed by atoms with Crippen LogP contribution in [0.15, 0.2) is 0 Å². The van der Waals surface area contributed by atoms with E-state index in [0.717, 1.165) is 6.42 Å². The predicted octanol–water partition coefficient (Wildman–Crippen LogP) is 1.52. The molecule has 0 aromatic rings. The fourth-order valence-electron chi connectivity index (χ4n) is 0.981. The van der Waals surface area contributed by atoms with Gasteiger partial charge >= 0.3 is 0 Å². The Balaban J connectivity index is 3.75. The Morgan fingerprint density at radius 1 is 1.36 bits per heavy atom. The third kappa shape index (κ3) is 5.97. The standard InChI is InChI=1S/C11H24N2O/c1-8(2)9(12)10(14)13-7-6-11(3,4)5/h8-9H,6-7,12H2,1-5H3,(H,13,14)/t9-/m1/s1. The van der Waals surface area contributed by atoms with Crippen molar-refractivity contribution in [3.8, 4) is 0 Å². The van der Waals surface area contributed by atoms with E-state index >= 15 is 0 Å². The lowest BCUT2D eigenvalue weighted by Gasteiger charge is -2.20. The average molecular weight is 200 g/mol. The first kappa shape index (κ1) is 13.4. The molecule has 3 heteroatoms. The van der Waals surface area contributed by atoms with E-state index in [1.54, 1.807) is 0 Å². The Morgan fingerprint density at radius 2 is 1.86 bits per heavy atom. The second-order valence-corrected chi connectivity index (χ2v) is 5.37. The molecular formula is C11H24N2O. The molecule has 3 nitrogen and oxygen atoms in total. The molecule has 0 heterocycles. The molecule has 0 bridgehead atoms. The lowest BCUT2D eigenvalue weighted by Crippen LogP contribution is -2.44. The van der Waals surface area contributed by atoms with Gasteiger partial charge in [-0.05, 0) is 17.8 Å². The van der Waals surface area contributed by atoms with E-state index in [0.29, 0.717) is 6.54 Å². The highest BCUT2D eigenvalue weighted by atomic mass is 16.2. The van der Waals surface area contributed by atoms with Gasteiger partial charge in [0.05, 0.1) is 6.04 Å². The van der Waals surface area contributed by atoms with Gasteiger partial charge in [-0.15, -0.1) is 0 Å². The van der Waals surface area contributed by atoms with E-state index in [-0.39, 0.29) is 23.3 Å². The summed E-state index contributed by atoms with van der Waals surface area (Å²) < 4.78 is 0. The van der Waals surface area contributed by atoms with Crippen LogP contribution < -0.4 is 11.1 Å². The van der Waals surface area contributed by atoms with Gasteiger partial charge in [-0.2, -0.15) is 0 Å². The van der Waals surface area contributed by atoms with Crippen molar-refractivity contribution in [1.82, 2.24) is 5.32 Å².